The van der Waals surface area contributed by atoms with E-state index in [2.05, 4.69) is 113 Å². The summed E-state index contributed by atoms with van der Waals surface area (Å²) in [5.74, 6) is 0. The first kappa shape index (κ1) is 29.0. The van der Waals surface area contributed by atoms with E-state index in [0.29, 0.717) is 0 Å². The molecule has 0 unspecified atom stereocenters. The number of pyridine rings is 4. The molecule has 0 radical (unpaired) electrons. The molecule has 5 aromatic carbocycles. The summed E-state index contributed by atoms with van der Waals surface area (Å²) in [5, 5.41) is 5.58. The Kier molecular flexibility index (Phi) is 6.74. The van der Waals surface area contributed by atoms with Crippen molar-refractivity contribution in [2.75, 3.05) is 0 Å². The second-order valence-electron chi connectivity index (χ2n) is 12.7. The Morgan fingerprint density at radius 2 is 1.00 bits per heavy atom. The van der Waals surface area contributed by atoms with Gasteiger partial charge in [-0.2, -0.15) is 0 Å². The fourth-order valence-corrected chi connectivity index (χ4v) is 7.17. The van der Waals surface area contributed by atoms with Gasteiger partial charge in [0.2, 0.25) is 0 Å². The van der Waals surface area contributed by atoms with Gasteiger partial charge in [0, 0.05) is 44.9 Å². The second-order valence-corrected chi connectivity index (χ2v) is 12.7. The molecule has 0 saturated heterocycles. The third-order valence-corrected chi connectivity index (χ3v) is 9.55. The number of benzene rings is 5. The lowest BCUT2D eigenvalue weighted by atomic mass is 9.94. The van der Waals surface area contributed by atoms with Crippen molar-refractivity contribution in [3.8, 4) is 56.3 Å². The van der Waals surface area contributed by atoms with Gasteiger partial charge in [0.15, 0.2) is 0 Å². The Morgan fingerprint density at radius 3 is 1.75 bits per heavy atom. The first-order valence-electron chi connectivity index (χ1n) is 17.0. The van der Waals surface area contributed by atoms with Crippen LogP contribution in [0, 0.1) is 0 Å². The van der Waals surface area contributed by atoms with E-state index in [9.17, 15) is 0 Å². The summed E-state index contributed by atoms with van der Waals surface area (Å²) in [4.78, 5) is 19.5. The molecule has 0 saturated carbocycles. The van der Waals surface area contributed by atoms with Crippen LogP contribution in [0.5, 0.6) is 0 Å². The van der Waals surface area contributed by atoms with Gasteiger partial charge in [0.1, 0.15) is 11.2 Å². The van der Waals surface area contributed by atoms with E-state index in [1.807, 2.05) is 54.6 Å². The van der Waals surface area contributed by atoms with Crippen LogP contribution in [0.1, 0.15) is 0 Å². The van der Waals surface area contributed by atoms with Crippen LogP contribution in [0.4, 0.5) is 0 Å². The summed E-state index contributed by atoms with van der Waals surface area (Å²) < 4.78 is 6.34. The quantitative estimate of drug-likeness (QED) is 0.173. The highest BCUT2D eigenvalue weighted by atomic mass is 16.3. The minimum absolute atomic E-state index is 0.799. The van der Waals surface area contributed by atoms with Crippen molar-refractivity contribution in [3.05, 3.63) is 170 Å². The number of rotatable bonds is 5. The lowest BCUT2D eigenvalue weighted by molar-refractivity contribution is 0.669. The Labute approximate surface area is 293 Å². The molecule has 0 amide bonds. The molecule has 0 aliphatic carbocycles. The van der Waals surface area contributed by atoms with Crippen molar-refractivity contribution in [2.24, 2.45) is 0 Å². The Balaban J connectivity index is 1.16. The zero-order valence-corrected chi connectivity index (χ0v) is 27.4. The number of fused-ring (bicyclic) bond motifs is 7. The number of hydrogen-bond acceptors (Lipinski definition) is 5. The molecule has 5 heterocycles. The molecule has 10 rings (SSSR count). The zero-order valence-electron chi connectivity index (χ0n) is 27.4. The first-order valence-corrected chi connectivity index (χ1v) is 17.0. The summed E-state index contributed by atoms with van der Waals surface area (Å²) in [6.45, 7) is 0. The molecular weight excluding hydrogens is 625 g/mol. The van der Waals surface area contributed by atoms with Gasteiger partial charge in [-0.05, 0) is 89.0 Å². The molecule has 5 nitrogen and oxygen atoms in total. The van der Waals surface area contributed by atoms with Gasteiger partial charge in [-0.25, -0.2) is 9.97 Å². The molecule has 5 heteroatoms. The van der Waals surface area contributed by atoms with E-state index in [-0.39, 0.29) is 0 Å². The smallest absolute Gasteiger partial charge is 0.136 e. The van der Waals surface area contributed by atoms with Crippen LogP contribution in [0.2, 0.25) is 0 Å². The van der Waals surface area contributed by atoms with Crippen molar-refractivity contribution >= 4 is 43.6 Å². The minimum atomic E-state index is 0.799. The lowest BCUT2D eigenvalue weighted by Gasteiger charge is -2.13. The highest BCUT2D eigenvalue weighted by molar-refractivity contribution is 6.28. The van der Waals surface area contributed by atoms with E-state index >= 15 is 0 Å². The molecule has 5 aromatic heterocycles. The van der Waals surface area contributed by atoms with Crippen molar-refractivity contribution < 1.29 is 4.42 Å². The largest absolute Gasteiger partial charge is 0.456 e. The Hall–Kier alpha value is -6.98. The van der Waals surface area contributed by atoms with Gasteiger partial charge < -0.3 is 4.42 Å². The summed E-state index contributed by atoms with van der Waals surface area (Å²) in [5.41, 5.74) is 12.2. The van der Waals surface area contributed by atoms with E-state index in [1.165, 1.54) is 0 Å². The predicted octanol–water partition coefficient (Wildman–Crippen LogP) is 11.8. The fourth-order valence-electron chi connectivity index (χ4n) is 7.17. The van der Waals surface area contributed by atoms with Gasteiger partial charge >= 0.3 is 0 Å². The molecular formula is C46H28N4O. The third kappa shape index (κ3) is 5.03. The van der Waals surface area contributed by atoms with Crippen LogP contribution in [0.3, 0.4) is 0 Å². The molecule has 51 heavy (non-hydrogen) atoms. The zero-order chi connectivity index (χ0) is 33.7. The van der Waals surface area contributed by atoms with Crippen molar-refractivity contribution in [1.82, 2.24) is 19.9 Å². The normalized spacial score (nSPS) is 11.5. The number of aromatic nitrogens is 4. The number of nitrogens with zero attached hydrogens (tertiary/aromatic N) is 4. The van der Waals surface area contributed by atoms with Crippen molar-refractivity contribution in [3.63, 3.8) is 0 Å². The highest BCUT2D eigenvalue weighted by Gasteiger charge is 2.18. The maximum absolute atomic E-state index is 6.34. The van der Waals surface area contributed by atoms with Gasteiger partial charge in [-0.1, -0.05) is 91.0 Å². The van der Waals surface area contributed by atoms with E-state index in [0.717, 1.165) is 99.9 Å². The lowest BCUT2D eigenvalue weighted by Crippen LogP contribution is -1.94. The van der Waals surface area contributed by atoms with Gasteiger partial charge in [-0.3, -0.25) is 9.97 Å². The highest BCUT2D eigenvalue weighted by Crippen LogP contribution is 2.42. The summed E-state index contributed by atoms with van der Waals surface area (Å²) in [6, 6.07) is 54.2. The summed E-state index contributed by atoms with van der Waals surface area (Å²) >= 11 is 0. The topological polar surface area (TPSA) is 64.7 Å². The number of hydrogen-bond donors (Lipinski definition) is 0. The number of furan rings is 1. The molecule has 10 aromatic rings. The van der Waals surface area contributed by atoms with E-state index in [1.54, 1.807) is 12.4 Å². The Bertz CT molecular complexity index is 2840. The predicted molar refractivity (Wildman–Crippen MR) is 207 cm³/mol. The SMILES string of the molecule is c1ccc(-c2nc3cc(-c4cccc(-c5cc(-c6ccccn6)nc(-c6ccccn6)c5)c4)ccc3c3c2ccc2oc4ccccc4c23)cc1. The maximum atomic E-state index is 6.34. The molecule has 0 fully saturated rings. The van der Waals surface area contributed by atoms with Crippen LogP contribution in [-0.2, 0) is 0 Å². The molecule has 0 N–H and O–H groups in total. The van der Waals surface area contributed by atoms with Crippen LogP contribution in [-0.4, -0.2) is 19.9 Å². The fraction of sp³-hybridized carbons (Fsp3) is 0. The third-order valence-electron chi connectivity index (χ3n) is 9.55. The molecule has 0 spiro atoms. The van der Waals surface area contributed by atoms with Crippen LogP contribution >= 0.6 is 0 Å². The van der Waals surface area contributed by atoms with Crippen LogP contribution in [0.25, 0.3) is 99.9 Å². The van der Waals surface area contributed by atoms with Gasteiger partial charge in [0.05, 0.1) is 34.0 Å². The maximum Gasteiger partial charge on any atom is 0.136 e. The van der Waals surface area contributed by atoms with Crippen LogP contribution in [0.15, 0.2) is 175 Å². The molecule has 0 aliphatic heterocycles. The van der Waals surface area contributed by atoms with Crippen molar-refractivity contribution in [1.29, 1.82) is 0 Å². The van der Waals surface area contributed by atoms with Gasteiger partial charge in [-0.15, -0.1) is 0 Å². The monoisotopic (exact) mass is 652 g/mol. The molecule has 238 valence electrons. The summed E-state index contributed by atoms with van der Waals surface area (Å²) in [7, 11) is 0. The molecule has 0 atom stereocenters. The average molecular weight is 653 g/mol. The summed E-state index contributed by atoms with van der Waals surface area (Å²) in [6.07, 6.45) is 3.59. The van der Waals surface area contributed by atoms with Crippen LogP contribution < -0.4 is 0 Å². The van der Waals surface area contributed by atoms with Crippen molar-refractivity contribution in [2.45, 2.75) is 0 Å². The standard InChI is InChI=1S/C46H28N4O/c1-2-11-29(12-3-1)46-36-21-22-43-45(35-15-4-5-18-42(35)51-43)44(36)34-20-19-32(26-39(34)50-46)30-13-10-14-31(25-30)33-27-40(37-16-6-8-23-47-37)49-41(28-33)38-17-7-9-24-48-38/h1-28H. The second kappa shape index (κ2) is 11.9. The van der Waals surface area contributed by atoms with Gasteiger partial charge in [0.25, 0.3) is 0 Å². The first-order chi connectivity index (χ1) is 25.3. The average Bonchev–Trinajstić information content (AvgIpc) is 3.60. The Morgan fingerprint density at radius 1 is 0.353 bits per heavy atom. The number of para-hydroxylation sites is 1. The molecule has 0 aliphatic rings. The van der Waals surface area contributed by atoms with E-state index in [4.69, 9.17) is 14.4 Å². The molecule has 0 bridgehead atoms. The van der Waals surface area contributed by atoms with E-state index < -0.39 is 0 Å². The minimum Gasteiger partial charge on any atom is -0.456 e.